The Morgan fingerprint density at radius 2 is 1.93 bits per heavy atom. The van der Waals surface area contributed by atoms with Crippen molar-refractivity contribution < 1.29 is 27.5 Å². The van der Waals surface area contributed by atoms with Crippen molar-refractivity contribution in [3.63, 3.8) is 0 Å². The van der Waals surface area contributed by atoms with Gasteiger partial charge in [-0.1, -0.05) is 28.1 Å². The SMILES string of the molecule is O=C(COc1ccc2cc(Br)ccc2c1)N[C@@H]1CC(=O)N(CC(F)(F)F)C1. The molecule has 0 aliphatic carbocycles. The van der Waals surface area contributed by atoms with Gasteiger partial charge >= 0.3 is 6.18 Å². The van der Waals surface area contributed by atoms with Crippen LogP contribution in [0, 0.1) is 0 Å². The summed E-state index contributed by atoms with van der Waals surface area (Å²) in [4.78, 5) is 24.3. The molecule has 0 spiro atoms. The lowest BCUT2D eigenvalue weighted by Gasteiger charge is -2.18. The number of halogens is 4. The molecule has 9 heteroatoms. The third-order valence-electron chi connectivity index (χ3n) is 4.09. The van der Waals surface area contributed by atoms with Gasteiger partial charge in [0.05, 0.1) is 6.04 Å². The summed E-state index contributed by atoms with van der Waals surface area (Å²) in [5.74, 6) is -0.613. The van der Waals surface area contributed by atoms with Crippen LogP contribution in [0.5, 0.6) is 5.75 Å². The fraction of sp³-hybridized carbons (Fsp3) is 0.333. The summed E-state index contributed by atoms with van der Waals surface area (Å²) in [5.41, 5.74) is 0. The lowest BCUT2D eigenvalue weighted by Crippen LogP contribution is -2.41. The molecule has 2 aromatic carbocycles. The van der Waals surface area contributed by atoms with Crippen LogP contribution in [0.2, 0.25) is 0 Å². The molecule has 0 bridgehead atoms. The molecular weight excluding hydrogens is 429 g/mol. The Labute approximate surface area is 161 Å². The first-order valence-corrected chi connectivity index (χ1v) is 8.95. The molecule has 1 N–H and O–H groups in total. The average molecular weight is 445 g/mol. The highest BCUT2D eigenvalue weighted by Crippen LogP contribution is 2.24. The number of likely N-dealkylation sites (tertiary alicyclic amines) is 1. The van der Waals surface area contributed by atoms with Gasteiger partial charge in [-0.2, -0.15) is 13.2 Å². The summed E-state index contributed by atoms with van der Waals surface area (Å²) in [6.45, 7) is -1.75. The van der Waals surface area contributed by atoms with E-state index in [-0.39, 0.29) is 19.6 Å². The van der Waals surface area contributed by atoms with Gasteiger partial charge in [0.2, 0.25) is 5.91 Å². The number of rotatable bonds is 5. The number of hydrogen-bond acceptors (Lipinski definition) is 3. The number of nitrogens with one attached hydrogen (secondary N) is 1. The van der Waals surface area contributed by atoms with Gasteiger partial charge in [0, 0.05) is 17.4 Å². The maximum absolute atomic E-state index is 12.4. The first-order chi connectivity index (χ1) is 12.7. The molecule has 1 saturated heterocycles. The molecule has 0 aromatic heterocycles. The van der Waals surface area contributed by atoms with Crippen LogP contribution in [0.15, 0.2) is 40.9 Å². The minimum atomic E-state index is -4.46. The van der Waals surface area contributed by atoms with Crippen molar-refractivity contribution in [1.82, 2.24) is 10.2 Å². The first kappa shape index (κ1) is 19.5. The minimum absolute atomic E-state index is 0.146. The molecule has 5 nitrogen and oxygen atoms in total. The number of benzene rings is 2. The van der Waals surface area contributed by atoms with Crippen LogP contribution in [-0.4, -0.2) is 48.6 Å². The Hall–Kier alpha value is -2.29. The number of hydrogen-bond donors (Lipinski definition) is 1. The lowest BCUT2D eigenvalue weighted by molar-refractivity contribution is -0.157. The Bertz CT molecular complexity index is 873. The van der Waals surface area contributed by atoms with Gasteiger partial charge in [-0.25, -0.2) is 0 Å². The molecule has 0 saturated carbocycles. The smallest absolute Gasteiger partial charge is 0.406 e. The van der Waals surface area contributed by atoms with E-state index in [0.29, 0.717) is 10.6 Å². The van der Waals surface area contributed by atoms with Crippen molar-refractivity contribution in [1.29, 1.82) is 0 Å². The summed E-state index contributed by atoms with van der Waals surface area (Å²) in [5, 5.41) is 4.49. The number of carbonyl (C=O) groups is 2. The highest BCUT2D eigenvalue weighted by atomic mass is 79.9. The predicted octanol–water partition coefficient (Wildman–Crippen LogP) is 3.26. The Balaban J connectivity index is 1.51. The lowest BCUT2D eigenvalue weighted by atomic mass is 10.1. The Kier molecular flexibility index (Phi) is 5.59. The number of ether oxygens (including phenoxy) is 1. The monoisotopic (exact) mass is 444 g/mol. The number of alkyl halides is 3. The topological polar surface area (TPSA) is 58.6 Å². The molecule has 1 fully saturated rings. The van der Waals surface area contributed by atoms with Crippen molar-refractivity contribution in [3.05, 3.63) is 40.9 Å². The van der Waals surface area contributed by atoms with Crippen LogP contribution < -0.4 is 10.1 Å². The molecule has 2 amide bonds. The predicted molar refractivity (Wildman–Crippen MR) is 96.3 cm³/mol. The second kappa shape index (κ2) is 7.75. The molecule has 27 heavy (non-hydrogen) atoms. The number of carbonyl (C=O) groups excluding carboxylic acids is 2. The van der Waals surface area contributed by atoms with E-state index in [2.05, 4.69) is 21.2 Å². The molecule has 3 rings (SSSR count). The van der Waals surface area contributed by atoms with Crippen LogP contribution in [0.3, 0.4) is 0 Å². The molecule has 0 radical (unpaired) electrons. The van der Waals surface area contributed by atoms with Gasteiger partial charge in [0.25, 0.3) is 5.91 Å². The Morgan fingerprint density at radius 3 is 2.67 bits per heavy atom. The largest absolute Gasteiger partial charge is 0.484 e. The third kappa shape index (κ3) is 5.35. The van der Waals surface area contributed by atoms with Gasteiger partial charge in [-0.15, -0.1) is 0 Å². The van der Waals surface area contributed by atoms with Crippen molar-refractivity contribution in [2.45, 2.75) is 18.6 Å². The van der Waals surface area contributed by atoms with E-state index >= 15 is 0 Å². The fourth-order valence-electron chi connectivity index (χ4n) is 2.94. The summed E-state index contributed by atoms with van der Waals surface area (Å²) in [6.07, 6.45) is -4.60. The number of amides is 2. The molecular formula is C18H16BrF3N2O3. The number of fused-ring (bicyclic) bond motifs is 1. The molecule has 2 aromatic rings. The summed E-state index contributed by atoms with van der Waals surface area (Å²) in [6, 6.07) is 10.5. The quantitative estimate of drug-likeness (QED) is 0.769. The second-order valence-electron chi connectivity index (χ2n) is 6.30. The van der Waals surface area contributed by atoms with E-state index in [0.717, 1.165) is 15.2 Å². The van der Waals surface area contributed by atoms with E-state index in [1.165, 1.54) is 0 Å². The minimum Gasteiger partial charge on any atom is -0.484 e. The summed E-state index contributed by atoms with van der Waals surface area (Å²) in [7, 11) is 0. The summed E-state index contributed by atoms with van der Waals surface area (Å²) >= 11 is 3.39. The molecule has 1 aliphatic heterocycles. The van der Waals surface area contributed by atoms with Crippen molar-refractivity contribution >= 4 is 38.5 Å². The standard InChI is InChI=1S/C18H16BrF3N2O3/c19-13-3-1-12-6-15(4-2-11(12)5-13)27-9-16(25)23-14-7-17(26)24(8-14)10-18(20,21)22/h1-6,14H,7-10H2,(H,23,25)/t14-/m1/s1. The van der Waals surface area contributed by atoms with Gasteiger partial charge in [-0.05, 0) is 35.0 Å². The van der Waals surface area contributed by atoms with E-state index < -0.39 is 30.6 Å². The highest BCUT2D eigenvalue weighted by molar-refractivity contribution is 9.10. The van der Waals surface area contributed by atoms with Crippen LogP contribution in [0.4, 0.5) is 13.2 Å². The second-order valence-corrected chi connectivity index (χ2v) is 7.22. The first-order valence-electron chi connectivity index (χ1n) is 8.15. The van der Waals surface area contributed by atoms with Crippen LogP contribution >= 0.6 is 15.9 Å². The maximum Gasteiger partial charge on any atom is 0.406 e. The average Bonchev–Trinajstić information content (AvgIpc) is 2.90. The van der Waals surface area contributed by atoms with E-state index in [1.54, 1.807) is 12.1 Å². The van der Waals surface area contributed by atoms with Crippen LogP contribution in [0.25, 0.3) is 10.8 Å². The Morgan fingerprint density at radius 1 is 1.22 bits per heavy atom. The normalized spacial score (nSPS) is 17.4. The maximum atomic E-state index is 12.4. The van der Waals surface area contributed by atoms with Gasteiger partial charge in [0.15, 0.2) is 6.61 Å². The zero-order chi connectivity index (χ0) is 19.6. The number of nitrogens with zero attached hydrogens (tertiary/aromatic N) is 1. The van der Waals surface area contributed by atoms with Crippen molar-refractivity contribution in [3.8, 4) is 5.75 Å². The van der Waals surface area contributed by atoms with Crippen molar-refractivity contribution in [2.75, 3.05) is 19.7 Å². The molecule has 1 atom stereocenters. The van der Waals surface area contributed by atoms with Gasteiger partial charge < -0.3 is 15.0 Å². The van der Waals surface area contributed by atoms with Gasteiger partial charge in [-0.3, -0.25) is 9.59 Å². The zero-order valence-electron chi connectivity index (χ0n) is 14.1. The molecule has 144 valence electrons. The van der Waals surface area contributed by atoms with Gasteiger partial charge in [0.1, 0.15) is 12.3 Å². The summed E-state index contributed by atoms with van der Waals surface area (Å²) < 4.78 is 43.6. The van der Waals surface area contributed by atoms with E-state index in [9.17, 15) is 22.8 Å². The molecule has 1 heterocycles. The van der Waals surface area contributed by atoms with Crippen molar-refractivity contribution in [2.24, 2.45) is 0 Å². The third-order valence-corrected chi connectivity index (χ3v) is 4.59. The van der Waals surface area contributed by atoms with Crippen LogP contribution in [0.1, 0.15) is 6.42 Å². The van der Waals surface area contributed by atoms with E-state index in [1.807, 2.05) is 24.3 Å². The van der Waals surface area contributed by atoms with E-state index in [4.69, 9.17) is 4.74 Å². The zero-order valence-corrected chi connectivity index (χ0v) is 15.6. The molecule has 1 aliphatic rings. The molecule has 0 unspecified atom stereocenters. The van der Waals surface area contributed by atoms with Crippen LogP contribution in [-0.2, 0) is 9.59 Å². The highest BCUT2D eigenvalue weighted by Gasteiger charge is 2.38. The fourth-order valence-corrected chi connectivity index (χ4v) is 3.32.